The number of ketones is 1. The lowest BCUT2D eigenvalue weighted by atomic mass is 10.1. The molecule has 106 valence electrons. The Labute approximate surface area is 130 Å². The van der Waals surface area contributed by atoms with Gasteiger partial charge in [0.05, 0.1) is 12.2 Å². The molecule has 3 nitrogen and oxygen atoms in total. The van der Waals surface area contributed by atoms with Crippen LogP contribution in [-0.2, 0) is 11.3 Å². The minimum Gasteiger partial charge on any atom is -0.464 e. The lowest BCUT2D eigenvalue weighted by Crippen LogP contribution is -2.08. The lowest BCUT2D eigenvalue weighted by Gasteiger charge is -2.03. The second-order valence-electron chi connectivity index (χ2n) is 4.69. The first-order valence-electron chi connectivity index (χ1n) is 6.55. The molecule has 0 unspecified atom stereocenters. The topological polar surface area (TPSA) is 39.4 Å². The number of halogens is 1. The normalized spacial score (nSPS) is 10.9. The molecule has 0 bridgehead atoms. The summed E-state index contributed by atoms with van der Waals surface area (Å²) in [6.45, 7) is 0.453. The van der Waals surface area contributed by atoms with Crippen LogP contribution in [0.1, 0.15) is 15.9 Å². The third-order valence-corrected chi connectivity index (χ3v) is 3.73. The molecule has 0 saturated heterocycles. The van der Waals surface area contributed by atoms with Gasteiger partial charge in [-0.1, -0.05) is 46.3 Å². The summed E-state index contributed by atoms with van der Waals surface area (Å²) in [6.07, 6.45) is 1.50. The predicted molar refractivity (Wildman–Crippen MR) is 84.3 cm³/mol. The molecule has 0 saturated carbocycles. The monoisotopic (exact) mass is 344 g/mol. The van der Waals surface area contributed by atoms with Crippen molar-refractivity contribution in [3.05, 3.63) is 70.4 Å². The maximum absolute atomic E-state index is 12.2. The van der Waals surface area contributed by atoms with Crippen LogP contribution < -0.4 is 0 Å². The zero-order valence-corrected chi connectivity index (χ0v) is 12.8. The Morgan fingerprint density at radius 1 is 1.10 bits per heavy atom. The Balaban J connectivity index is 1.63. The van der Waals surface area contributed by atoms with Crippen molar-refractivity contribution in [2.24, 2.45) is 0 Å². The third-order valence-electron chi connectivity index (χ3n) is 3.20. The van der Waals surface area contributed by atoms with E-state index in [4.69, 9.17) is 9.15 Å². The number of benzene rings is 2. The molecule has 0 amide bonds. The fourth-order valence-corrected chi connectivity index (χ4v) is 2.38. The van der Waals surface area contributed by atoms with Gasteiger partial charge in [0.25, 0.3) is 0 Å². The highest BCUT2D eigenvalue weighted by Crippen LogP contribution is 2.21. The first-order chi connectivity index (χ1) is 10.2. The largest absolute Gasteiger partial charge is 0.464 e. The molecule has 0 spiro atoms. The zero-order chi connectivity index (χ0) is 14.7. The zero-order valence-electron chi connectivity index (χ0n) is 11.2. The summed E-state index contributed by atoms with van der Waals surface area (Å²) in [5, 5.41) is 0.828. The summed E-state index contributed by atoms with van der Waals surface area (Å²) in [5.74, 6) is -0.0722. The Hall–Kier alpha value is -1.91. The number of fused-ring (bicyclic) bond motifs is 1. The second-order valence-corrected chi connectivity index (χ2v) is 5.60. The van der Waals surface area contributed by atoms with Crippen molar-refractivity contribution in [3.63, 3.8) is 0 Å². The molecule has 0 N–H and O–H groups in total. The van der Waals surface area contributed by atoms with Crippen LogP contribution in [0.2, 0.25) is 0 Å². The summed E-state index contributed by atoms with van der Waals surface area (Å²) >= 11 is 3.38. The molecule has 1 aromatic heterocycles. The van der Waals surface area contributed by atoms with Crippen molar-refractivity contribution >= 4 is 32.7 Å². The molecule has 0 aliphatic rings. The van der Waals surface area contributed by atoms with Crippen LogP contribution in [0.4, 0.5) is 0 Å². The van der Waals surface area contributed by atoms with Gasteiger partial charge in [0.15, 0.2) is 5.78 Å². The highest BCUT2D eigenvalue weighted by molar-refractivity contribution is 9.10. The van der Waals surface area contributed by atoms with E-state index in [9.17, 15) is 4.79 Å². The first kappa shape index (κ1) is 14.0. The molecule has 3 aromatic rings. The van der Waals surface area contributed by atoms with Crippen molar-refractivity contribution in [2.75, 3.05) is 6.61 Å². The van der Waals surface area contributed by atoms with Gasteiger partial charge in [-0.25, -0.2) is 0 Å². The van der Waals surface area contributed by atoms with Crippen molar-refractivity contribution in [1.82, 2.24) is 0 Å². The summed E-state index contributed by atoms with van der Waals surface area (Å²) in [4.78, 5) is 12.2. The van der Waals surface area contributed by atoms with E-state index in [0.29, 0.717) is 17.8 Å². The van der Waals surface area contributed by atoms with Gasteiger partial charge in [-0.2, -0.15) is 0 Å². The van der Waals surface area contributed by atoms with Gasteiger partial charge in [0.2, 0.25) is 0 Å². The highest BCUT2D eigenvalue weighted by Gasteiger charge is 2.13. The van der Waals surface area contributed by atoms with Gasteiger partial charge in [0, 0.05) is 9.86 Å². The third kappa shape index (κ3) is 3.23. The van der Waals surface area contributed by atoms with Crippen LogP contribution in [-0.4, -0.2) is 12.4 Å². The van der Waals surface area contributed by atoms with E-state index in [1.165, 1.54) is 6.26 Å². The number of carbonyl (C=O) groups excluding carboxylic acids is 1. The van der Waals surface area contributed by atoms with Crippen molar-refractivity contribution in [2.45, 2.75) is 6.61 Å². The molecule has 4 heteroatoms. The van der Waals surface area contributed by atoms with Crippen molar-refractivity contribution < 1.29 is 13.9 Å². The van der Waals surface area contributed by atoms with Gasteiger partial charge in [0.1, 0.15) is 18.5 Å². The van der Waals surface area contributed by atoms with Crippen molar-refractivity contribution in [3.8, 4) is 0 Å². The molecule has 0 radical (unpaired) electrons. The highest BCUT2D eigenvalue weighted by atomic mass is 79.9. The van der Waals surface area contributed by atoms with E-state index in [2.05, 4.69) is 15.9 Å². The standard InChI is InChI=1S/C17H13BrO3/c18-13-7-5-12(6-8-13)9-20-11-16(19)15-10-21-17-4-2-1-3-14(15)17/h1-8,10H,9,11H2. The SMILES string of the molecule is O=C(COCc1ccc(Br)cc1)c1coc2ccccc12. The van der Waals surface area contributed by atoms with E-state index in [1.807, 2.05) is 48.5 Å². The average molecular weight is 345 g/mol. The summed E-state index contributed by atoms with van der Waals surface area (Å²) in [5.41, 5.74) is 2.32. The molecule has 0 fully saturated rings. The molecule has 21 heavy (non-hydrogen) atoms. The fraction of sp³-hybridized carbons (Fsp3) is 0.118. The summed E-state index contributed by atoms with van der Waals surface area (Å²) < 4.78 is 11.9. The molecule has 0 aliphatic heterocycles. The van der Waals surface area contributed by atoms with Crippen LogP contribution in [0.3, 0.4) is 0 Å². The number of ether oxygens (including phenoxy) is 1. The van der Waals surface area contributed by atoms with E-state index in [0.717, 1.165) is 15.4 Å². The minimum atomic E-state index is -0.0722. The molecule has 0 atom stereocenters. The summed E-state index contributed by atoms with van der Waals surface area (Å²) in [7, 11) is 0. The minimum absolute atomic E-state index is 0.0413. The molecular formula is C17H13BrO3. The van der Waals surface area contributed by atoms with E-state index < -0.39 is 0 Å². The number of para-hydroxylation sites is 1. The lowest BCUT2D eigenvalue weighted by molar-refractivity contribution is 0.0727. The van der Waals surface area contributed by atoms with Crippen LogP contribution >= 0.6 is 15.9 Å². The predicted octanol–water partition coefficient (Wildman–Crippen LogP) is 4.59. The van der Waals surface area contributed by atoms with Gasteiger partial charge in [-0.05, 0) is 23.8 Å². The van der Waals surface area contributed by atoms with Gasteiger partial charge in [-0.15, -0.1) is 0 Å². The van der Waals surface area contributed by atoms with E-state index in [1.54, 1.807) is 0 Å². The Kier molecular flexibility index (Phi) is 4.18. The maximum Gasteiger partial charge on any atom is 0.192 e. The maximum atomic E-state index is 12.2. The quantitative estimate of drug-likeness (QED) is 0.635. The molecular weight excluding hydrogens is 332 g/mol. The number of Topliss-reactive ketones (excluding diaryl/α,β-unsaturated/α-hetero) is 1. The Morgan fingerprint density at radius 3 is 2.67 bits per heavy atom. The van der Waals surface area contributed by atoms with Crippen LogP contribution in [0.5, 0.6) is 0 Å². The number of hydrogen-bond acceptors (Lipinski definition) is 3. The summed E-state index contributed by atoms with van der Waals surface area (Å²) in [6, 6.07) is 15.3. The average Bonchev–Trinajstić information content (AvgIpc) is 2.93. The van der Waals surface area contributed by atoms with Gasteiger partial charge >= 0.3 is 0 Å². The smallest absolute Gasteiger partial charge is 0.192 e. The number of carbonyl (C=O) groups is 1. The first-order valence-corrected chi connectivity index (χ1v) is 7.35. The van der Waals surface area contributed by atoms with E-state index in [-0.39, 0.29) is 12.4 Å². The van der Waals surface area contributed by atoms with E-state index >= 15 is 0 Å². The number of rotatable bonds is 5. The van der Waals surface area contributed by atoms with Gasteiger partial charge < -0.3 is 9.15 Å². The Bertz CT molecular complexity index is 759. The second kappa shape index (κ2) is 6.24. The molecule has 1 heterocycles. The Morgan fingerprint density at radius 2 is 1.86 bits per heavy atom. The molecule has 2 aromatic carbocycles. The fourth-order valence-electron chi connectivity index (χ4n) is 2.11. The number of hydrogen-bond donors (Lipinski definition) is 0. The van der Waals surface area contributed by atoms with Crippen LogP contribution in [0, 0.1) is 0 Å². The van der Waals surface area contributed by atoms with Crippen LogP contribution in [0.15, 0.2) is 63.7 Å². The van der Waals surface area contributed by atoms with Crippen LogP contribution in [0.25, 0.3) is 11.0 Å². The number of furan rings is 1. The molecule has 3 rings (SSSR count). The molecule has 0 aliphatic carbocycles. The van der Waals surface area contributed by atoms with Gasteiger partial charge in [-0.3, -0.25) is 4.79 Å². The van der Waals surface area contributed by atoms with Crippen molar-refractivity contribution in [1.29, 1.82) is 0 Å².